The molecule has 12 heavy (non-hydrogen) atoms. The Morgan fingerprint density at radius 3 is 2.92 bits per heavy atom. The number of nitrogens with two attached hydrogens (primary N) is 1. The lowest BCUT2D eigenvalue weighted by Crippen LogP contribution is -2.28. The van der Waals surface area contributed by atoms with Crippen LogP contribution in [0.15, 0.2) is 4.63 Å². The number of carbonyl (C=O) groups excluding carboxylic acids is 1. The van der Waals surface area contributed by atoms with Crippen molar-refractivity contribution < 1.29 is 9.42 Å². The summed E-state index contributed by atoms with van der Waals surface area (Å²) >= 11 is 0. The van der Waals surface area contributed by atoms with Crippen molar-refractivity contribution in [1.29, 1.82) is 0 Å². The van der Waals surface area contributed by atoms with Crippen LogP contribution < -0.4 is 11.1 Å². The Balaban J connectivity index is 2.33. The summed E-state index contributed by atoms with van der Waals surface area (Å²) in [7, 11) is 0. The van der Waals surface area contributed by atoms with E-state index < -0.39 is 5.91 Å². The van der Waals surface area contributed by atoms with Crippen molar-refractivity contribution in [3.05, 3.63) is 11.4 Å². The van der Waals surface area contributed by atoms with E-state index in [1.54, 1.807) is 6.92 Å². The topological polar surface area (TPSA) is 94.0 Å². The first-order chi connectivity index (χ1) is 5.70. The van der Waals surface area contributed by atoms with Crippen molar-refractivity contribution in [2.75, 3.05) is 6.54 Å². The molecule has 1 heterocycles. The van der Waals surface area contributed by atoms with Crippen LogP contribution in [-0.2, 0) is 11.3 Å². The molecular formula is C6H10N4O2. The van der Waals surface area contributed by atoms with Crippen molar-refractivity contribution in [2.45, 2.75) is 13.5 Å². The summed E-state index contributed by atoms with van der Waals surface area (Å²) in [6.07, 6.45) is 0. The SMILES string of the molecule is Cc1nonc1CNCC(N)=O. The van der Waals surface area contributed by atoms with Gasteiger partial charge in [-0.3, -0.25) is 4.79 Å². The lowest BCUT2D eigenvalue weighted by atomic mass is 10.3. The minimum atomic E-state index is -0.399. The van der Waals surface area contributed by atoms with Gasteiger partial charge in [-0.2, -0.15) is 0 Å². The molecule has 0 saturated carbocycles. The number of nitrogens with zero attached hydrogens (tertiary/aromatic N) is 2. The summed E-state index contributed by atoms with van der Waals surface area (Å²) in [5.74, 6) is -0.399. The van der Waals surface area contributed by atoms with Crippen molar-refractivity contribution in [3.63, 3.8) is 0 Å². The number of aromatic nitrogens is 2. The van der Waals surface area contributed by atoms with E-state index in [0.29, 0.717) is 17.9 Å². The third kappa shape index (κ3) is 2.31. The van der Waals surface area contributed by atoms with Gasteiger partial charge in [0.2, 0.25) is 5.91 Å². The highest BCUT2D eigenvalue weighted by Gasteiger charge is 2.03. The zero-order chi connectivity index (χ0) is 8.97. The summed E-state index contributed by atoms with van der Waals surface area (Å²) in [4.78, 5) is 10.3. The second-order valence-electron chi connectivity index (χ2n) is 2.37. The lowest BCUT2D eigenvalue weighted by molar-refractivity contribution is -0.117. The zero-order valence-electron chi connectivity index (χ0n) is 6.70. The molecule has 1 aromatic heterocycles. The van der Waals surface area contributed by atoms with Crippen LogP contribution in [0.2, 0.25) is 0 Å². The maximum atomic E-state index is 10.3. The van der Waals surface area contributed by atoms with E-state index in [1.807, 2.05) is 0 Å². The molecule has 3 N–H and O–H groups in total. The quantitative estimate of drug-likeness (QED) is 0.601. The van der Waals surface area contributed by atoms with E-state index in [4.69, 9.17) is 5.73 Å². The first-order valence-corrected chi connectivity index (χ1v) is 3.47. The highest BCUT2D eigenvalue weighted by Crippen LogP contribution is 1.98. The Labute approximate surface area is 69.1 Å². The minimum absolute atomic E-state index is 0.131. The largest absolute Gasteiger partial charge is 0.369 e. The first-order valence-electron chi connectivity index (χ1n) is 3.47. The predicted octanol–water partition coefficient (Wildman–Crippen LogP) is -1.05. The molecule has 0 radical (unpaired) electrons. The van der Waals surface area contributed by atoms with Gasteiger partial charge in [0.15, 0.2) is 0 Å². The van der Waals surface area contributed by atoms with Gasteiger partial charge in [-0.25, -0.2) is 4.63 Å². The van der Waals surface area contributed by atoms with Crippen LogP contribution in [0.1, 0.15) is 11.4 Å². The molecule has 1 rings (SSSR count). The fourth-order valence-electron chi connectivity index (χ4n) is 0.714. The molecule has 0 spiro atoms. The van der Waals surface area contributed by atoms with Crippen LogP contribution in [0.5, 0.6) is 0 Å². The van der Waals surface area contributed by atoms with Crippen LogP contribution in [0.25, 0.3) is 0 Å². The Hall–Kier alpha value is -1.43. The van der Waals surface area contributed by atoms with Gasteiger partial charge in [0, 0.05) is 6.54 Å². The third-order valence-corrected chi connectivity index (χ3v) is 1.34. The zero-order valence-corrected chi connectivity index (χ0v) is 6.70. The molecule has 66 valence electrons. The van der Waals surface area contributed by atoms with Crippen molar-refractivity contribution >= 4 is 5.91 Å². The molecule has 0 aliphatic heterocycles. The van der Waals surface area contributed by atoms with Gasteiger partial charge in [0.25, 0.3) is 0 Å². The summed E-state index contributed by atoms with van der Waals surface area (Å²) in [6.45, 7) is 2.35. The van der Waals surface area contributed by atoms with Crippen LogP contribution in [-0.4, -0.2) is 22.8 Å². The molecule has 0 aromatic carbocycles. The van der Waals surface area contributed by atoms with Gasteiger partial charge in [-0.05, 0) is 6.92 Å². The molecule has 0 atom stereocenters. The Kier molecular flexibility index (Phi) is 2.76. The molecule has 1 amide bonds. The molecule has 0 aliphatic carbocycles. The third-order valence-electron chi connectivity index (χ3n) is 1.34. The van der Waals surface area contributed by atoms with Crippen LogP contribution in [0, 0.1) is 6.92 Å². The number of hydrogen-bond donors (Lipinski definition) is 2. The highest BCUT2D eigenvalue weighted by molar-refractivity contribution is 5.75. The Morgan fingerprint density at radius 1 is 1.67 bits per heavy atom. The number of aryl methyl sites for hydroxylation is 1. The van der Waals surface area contributed by atoms with Crippen molar-refractivity contribution in [2.24, 2.45) is 5.73 Å². The van der Waals surface area contributed by atoms with Crippen molar-refractivity contribution in [1.82, 2.24) is 15.6 Å². The van der Waals surface area contributed by atoms with E-state index in [2.05, 4.69) is 20.3 Å². The van der Waals surface area contributed by atoms with Crippen LogP contribution in [0.4, 0.5) is 0 Å². The number of amides is 1. The second kappa shape index (κ2) is 3.82. The molecular weight excluding hydrogens is 160 g/mol. The van der Waals surface area contributed by atoms with Crippen LogP contribution in [0.3, 0.4) is 0 Å². The molecule has 0 bridgehead atoms. The van der Waals surface area contributed by atoms with Gasteiger partial charge in [-0.15, -0.1) is 0 Å². The van der Waals surface area contributed by atoms with E-state index >= 15 is 0 Å². The number of primary amides is 1. The van der Waals surface area contributed by atoms with Crippen LogP contribution >= 0.6 is 0 Å². The van der Waals surface area contributed by atoms with Gasteiger partial charge in [-0.1, -0.05) is 10.3 Å². The number of rotatable bonds is 4. The smallest absolute Gasteiger partial charge is 0.231 e. The maximum Gasteiger partial charge on any atom is 0.231 e. The summed E-state index contributed by atoms with van der Waals surface area (Å²) in [6, 6.07) is 0. The van der Waals surface area contributed by atoms with Crippen molar-refractivity contribution in [3.8, 4) is 0 Å². The van der Waals surface area contributed by atoms with E-state index in [-0.39, 0.29) is 6.54 Å². The van der Waals surface area contributed by atoms with Gasteiger partial charge < -0.3 is 11.1 Å². The monoisotopic (exact) mass is 170 g/mol. The predicted molar refractivity (Wildman–Crippen MR) is 39.9 cm³/mol. The number of nitrogens with one attached hydrogen (secondary N) is 1. The molecule has 6 heteroatoms. The normalized spacial score (nSPS) is 10.1. The minimum Gasteiger partial charge on any atom is -0.369 e. The average molecular weight is 170 g/mol. The average Bonchev–Trinajstić information content (AvgIpc) is 2.36. The number of carbonyl (C=O) groups is 1. The highest BCUT2D eigenvalue weighted by atomic mass is 16.6. The molecule has 0 fully saturated rings. The number of hydrogen-bond acceptors (Lipinski definition) is 5. The lowest BCUT2D eigenvalue weighted by Gasteiger charge is -1.96. The van der Waals surface area contributed by atoms with E-state index in [1.165, 1.54) is 0 Å². The second-order valence-corrected chi connectivity index (χ2v) is 2.37. The van der Waals surface area contributed by atoms with E-state index in [0.717, 1.165) is 0 Å². The fourth-order valence-corrected chi connectivity index (χ4v) is 0.714. The summed E-state index contributed by atoms with van der Waals surface area (Å²) < 4.78 is 4.45. The summed E-state index contributed by atoms with van der Waals surface area (Å²) in [5, 5.41) is 9.98. The summed E-state index contributed by atoms with van der Waals surface area (Å²) in [5.41, 5.74) is 6.31. The van der Waals surface area contributed by atoms with Gasteiger partial charge >= 0.3 is 0 Å². The Morgan fingerprint density at radius 2 is 2.42 bits per heavy atom. The first kappa shape index (κ1) is 8.66. The molecule has 0 saturated heterocycles. The fraction of sp³-hybridized carbons (Fsp3) is 0.500. The molecule has 1 aromatic rings. The Bertz CT molecular complexity index is 270. The maximum absolute atomic E-state index is 10.3. The standard InChI is InChI=1S/C6H10N4O2/c1-4-5(10-12-9-4)2-8-3-6(7)11/h8H,2-3H2,1H3,(H2,7,11). The van der Waals surface area contributed by atoms with Gasteiger partial charge in [0.1, 0.15) is 11.4 Å². The van der Waals surface area contributed by atoms with E-state index in [9.17, 15) is 4.79 Å². The molecule has 0 aliphatic rings. The molecule has 6 nitrogen and oxygen atoms in total. The molecule has 0 unspecified atom stereocenters. The van der Waals surface area contributed by atoms with Gasteiger partial charge in [0.05, 0.1) is 6.54 Å².